The number of amides is 2. The molecule has 1 aromatic carbocycles. The second-order valence-electron chi connectivity index (χ2n) is 4.73. The molecule has 2 amide bonds. The molecular weight excluding hydrogens is 263 g/mol. The summed E-state index contributed by atoms with van der Waals surface area (Å²) in [6.45, 7) is 1.66. The minimum absolute atomic E-state index is 0.0422. The smallest absolute Gasteiger partial charge is 0.325 e. The van der Waals surface area contributed by atoms with Gasteiger partial charge in [0.05, 0.1) is 5.69 Å². The molecule has 1 aromatic rings. The minimum atomic E-state index is -1.06. The van der Waals surface area contributed by atoms with E-state index in [0.717, 1.165) is 12.8 Å². The van der Waals surface area contributed by atoms with Crippen LogP contribution in [0.4, 0.5) is 14.9 Å². The van der Waals surface area contributed by atoms with E-state index in [1.807, 2.05) is 0 Å². The second-order valence-corrected chi connectivity index (χ2v) is 4.73. The normalized spacial score (nSPS) is 13.9. The van der Waals surface area contributed by atoms with Crippen molar-refractivity contribution in [3.05, 3.63) is 30.1 Å². The number of hydrogen-bond donors (Lipinski definition) is 1. The van der Waals surface area contributed by atoms with E-state index in [2.05, 4.69) is 0 Å². The monoisotopic (exact) mass is 280 g/mol. The summed E-state index contributed by atoms with van der Waals surface area (Å²) in [5.41, 5.74) is 0.177. The van der Waals surface area contributed by atoms with Crippen LogP contribution in [-0.4, -0.2) is 41.1 Å². The molecule has 1 aliphatic rings. The van der Waals surface area contributed by atoms with Crippen LogP contribution in [-0.2, 0) is 4.79 Å². The van der Waals surface area contributed by atoms with Gasteiger partial charge >= 0.3 is 12.0 Å². The Morgan fingerprint density at radius 3 is 2.50 bits per heavy atom. The molecular formula is C14H17FN2O3. The highest BCUT2D eigenvalue weighted by Gasteiger charge is 2.36. The molecule has 0 bridgehead atoms. The van der Waals surface area contributed by atoms with Crippen LogP contribution in [0.3, 0.4) is 0 Å². The summed E-state index contributed by atoms with van der Waals surface area (Å²) in [6.07, 6.45) is 1.60. The SMILES string of the molecule is CCN(C(=O)N(CC(=O)O)C1CC1)c1ccccc1F. The quantitative estimate of drug-likeness (QED) is 0.900. The Morgan fingerprint density at radius 1 is 1.35 bits per heavy atom. The zero-order chi connectivity index (χ0) is 14.7. The largest absolute Gasteiger partial charge is 0.480 e. The third kappa shape index (κ3) is 3.07. The van der Waals surface area contributed by atoms with Crippen molar-refractivity contribution in [3.63, 3.8) is 0 Å². The first kappa shape index (κ1) is 14.3. The van der Waals surface area contributed by atoms with Crippen molar-refractivity contribution in [2.24, 2.45) is 0 Å². The van der Waals surface area contributed by atoms with Gasteiger partial charge in [0.2, 0.25) is 0 Å². The van der Waals surface area contributed by atoms with Crippen molar-refractivity contribution in [2.75, 3.05) is 18.0 Å². The van der Waals surface area contributed by atoms with Crippen molar-refractivity contribution >= 4 is 17.7 Å². The molecule has 0 saturated heterocycles. The lowest BCUT2D eigenvalue weighted by atomic mass is 10.2. The van der Waals surface area contributed by atoms with E-state index in [4.69, 9.17) is 5.11 Å². The molecule has 6 heteroatoms. The third-order valence-corrected chi connectivity index (χ3v) is 3.23. The Morgan fingerprint density at radius 2 is 2.00 bits per heavy atom. The lowest BCUT2D eigenvalue weighted by Crippen LogP contribution is -2.47. The number of para-hydroxylation sites is 1. The standard InChI is InChI=1S/C14H17FN2O3/c1-2-16(12-6-4-3-5-11(12)15)14(20)17(9-13(18)19)10-7-8-10/h3-6,10H,2,7-9H2,1H3,(H,18,19). The fourth-order valence-corrected chi connectivity index (χ4v) is 2.12. The van der Waals surface area contributed by atoms with Gasteiger partial charge in [-0.05, 0) is 31.9 Å². The van der Waals surface area contributed by atoms with Gasteiger partial charge in [0.1, 0.15) is 12.4 Å². The average Bonchev–Trinajstić information content (AvgIpc) is 3.23. The highest BCUT2D eigenvalue weighted by molar-refractivity contribution is 5.94. The Labute approximate surface area is 116 Å². The molecule has 1 aliphatic carbocycles. The Kier molecular flexibility index (Phi) is 4.22. The summed E-state index contributed by atoms with van der Waals surface area (Å²) in [6, 6.07) is 5.49. The molecule has 0 aromatic heterocycles. The van der Waals surface area contributed by atoms with Crippen LogP contribution in [0.1, 0.15) is 19.8 Å². The van der Waals surface area contributed by atoms with Gasteiger partial charge in [0, 0.05) is 12.6 Å². The lowest BCUT2D eigenvalue weighted by Gasteiger charge is -2.29. The molecule has 2 rings (SSSR count). The first-order valence-corrected chi connectivity index (χ1v) is 6.59. The fraction of sp³-hybridized carbons (Fsp3) is 0.429. The van der Waals surface area contributed by atoms with Gasteiger partial charge in [0.25, 0.3) is 0 Å². The summed E-state index contributed by atoms with van der Waals surface area (Å²) in [4.78, 5) is 25.9. The number of aliphatic carboxylic acids is 1. The van der Waals surface area contributed by atoms with Gasteiger partial charge in [-0.1, -0.05) is 12.1 Å². The molecule has 1 fully saturated rings. The molecule has 1 saturated carbocycles. The van der Waals surface area contributed by atoms with Crippen molar-refractivity contribution < 1.29 is 19.1 Å². The summed E-state index contributed by atoms with van der Waals surface area (Å²) in [5.74, 6) is -1.55. The average molecular weight is 280 g/mol. The van der Waals surface area contributed by atoms with Crippen LogP contribution < -0.4 is 4.90 Å². The van der Waals surface area contributed by atoms with E-state index in [9.17, 15) is 14.0 Å². The number of nitrogens with zero attached hydrogens (tertiary/aromatic N) is 2. The van der Waals surface area contributed by atoms with E-state index in [0.29, 0.717) is 0 Å². The summed E-state index contributed by atoms with van der Waals surface area (Å²) in [7, 11) is 0. The van der Waals surface area contributed by atoms with Crippen LogP contribution in [0.5, 0.6) is 0 Å². The van der Waals surface area contributed by atoms with Crippen molar-refractivity contribution in [3.8, 4) is 0 Å². The van der Waals surface area contributed by atoms with E-state index in [-0.39, 0.29) is 24.8 Å². The number of carboxylic acids is 1. The number of carboxylic acid groups (broad SMARTS) is 1. The highest BCUT2D eigenvalue weighted by Crippen LogP contribution is 2.29. The number of benzene rings is 1. The molecule has 0 spiro atoms. The number of urea groups is 1. The summed E-state index contributed by atoms with van der Waals surface area (Å²) < 4.78 is 13.8. The van der Waals surface area contributed by atoms with Crippen LogP contribution in [0.2, 0.25) is 0 Å². The van der Waals surface area contributed by atoms with Crippen molar-refractivity contribution in [1.29, 1.82) is 0 Å². The molecule has 108 valence electrons. The van der Waals surface area contributed by atoms with E-state index < -0.39 is 17.8 Å². The first-order valence-electron chi connectivity index (χ1n) is 6.59. The number of hydrogen-bond acceptors (Lipinski definition) is 2. The van der Waals surface area contributed by atoms with Crippen molar-refractivity contribution in [1.82, 2.24) is 4.90 Å². The van der Waals surface area contributed by atoms with Crippen molar-refractivity contribution in [2.45, 2.75) is 25.8 Å². The molecule has 0 atom stereocenters. The summed E-state index contributed by atoms with van der Waals surface area (Å²) >= 11 is 0. The molecule has 0 radical (unpaired) electrons. The van der Waals surface area contributed by atoms with E-state index in [1.54, 1.807) is 19.1 Å². The maximum absolute atomic E-state index is 13.8. The Hall–Kier alpha value is -2.11. The highest BCUT2D eigenvalue weighted by atomic mass is 19.1. The molecule has 5 nitrogen and oxygen atoms in total. The van der Waals surface area contributed by atoms with Gasteiger partial charge < -0.3 is 10.0 Å². The van der Waals surface area contributed by atoms with E-state index >= 15 is 0 Å². The fourth-order valence-electron chi connectivity index (χ4n) is 2.12. The molecule has 0 heterocycles. The topological polar surface area (TPSA) is 60.9 Å². The molecule has 0 aliphatic heterocycles. The van der Waals surface area contributed by atoms with Crippen LogP contribution in [0.15, 0.2) is 24.3 Å². The zero-order valence-corrected chi connectivity index (χ0v) is 11.3. The third-order valence-electron chi connectivity index (χ3n) is 3.23. The minimum Gasteiger partial charge on any atom is -0.480 e. The number of anilines is 1. The number of carbonyl (C=O) groups is 2. The number of carbonyl (C=O) groups excluding carboxylic acids is 1. The van der Waals surface area contributed by atoms with Gasteiger partial charge in [-0.2, -0.15) is 0 Å². The molecule has 20 heavy (non-hydrogen) atoms. The predicted octanol–water partition coefficient (Wildman–Crippen LogP) is 2.32. The van der Waals surface area contributed by atoms with Crippen LogP contribution in [0.25, 0.3) is 0 Å². The number of halogens is 1. The maximum atomic E-state index is 13.8. The van der Waals surface area contributed by atoms with Crippen LogP contribution in [0, 0.1) is 5.82 Å². The lowest BCUT2D eigenvalue weighted by molar-refractivity contribution is -0.137. The first-order chi connectivity index (χ1) is 9.54. The van der Waals surface area contributed by atoms with Gasteiger partial charge in [-0.25, -0.2) is 9.18 Å². The second kappa shape index (κ2) is 5.90. The van der Waals surface area contributed by atoms with Gasteiger partial charge in [0.15, 0.2) is 0 Å². The molecule has 1 N–H and O–H groups in total. The Balaban J connectivity index is 2.23. The van der Waals surface area contributed by atoms with Gasteiger partial charge in [-0.15, -0.1) is 0 Å². The summed E-state index contributed by atoms with van der Waals surface area (Å²) in [5, 5.41) is 8.90. The van der Waals surface area contributed by atoms with E-state index in [1.165, 1.54) is 21.9 Å². The predicted molar refractivity (Wildman–Crippen MR) is 72.2 cm³/mol. The Bertz CT molecular complexity index is 517. The number of rotatable bonds is 5. The van der Waals surface area contributed by atoms with Crippen LogP contribution >= 0.6 is 0 Å². The van der Waals surface area contributed by atoms with Gasteiger partial charge in [-0.3, -0.25) is 9.69 Å². The molecule has 0 unspecified atom stereocenters. The maximum Gasteiger partial charge on any atom is 0.325 e. The zero-order valence-electron chi connectivity index (χ0n) is 11.3.